The van der Waals surface area contributed by atoms with E-state index in [0.717, 1.165) is 0 Å². The summed E-state index contributed by atoms with van der Waals surface area (Å²) in [5.41, 5.74) is 0. The van der Waals surface area contributed by atoms with Crippen LogP contribution in [0.5, 0.6) is 11.5 Å². The lowest BCUT2D eigenvalue weighted by molar-refractivity contribution is 0.355. The van der Waals surface area contributed by atoms with Gasteiger partial charge in [0, 0.05) is 0 Å². The molecule has 0 aliphatic heterocycles. The van der Waals surface area contributed by atoms with Crippen molar-refractivity contribution in [2.75, 3.05) is 14.2 Å². The lowest BCUT2D eigenvalue weighted by Gasteiger charge is -2.13. The first kappa shape index (κ1) is 12.5. The predicted molar refractivity (Wildman–Crippen MR) is 67.3 cm³/mol. The van der Waals surface area contributed by atoms with E-state index in [4.69, 9.17) is 44.3 Å². The molecule has 0 aliphatic carbocycles. The maximum absolute atomic E-state index is 6.00. The minimum atomic E-state index is 0.305. The smallest absolute Gasteiger partial charge is 0.182 e. The van der Waals surface area contributed by atoms with Crippen LogP contribution < -0.4 is 9.47 Å². The van der Waals surface area contributed by atoms with Crippen molar-refractivity contribution in [2.24, 2.45) is 0 Å². The summed E-state index contributed by atoms with van der Waals surface area (Å²) in [6.45, 7) is 0. The second-order valence-electron chi connectivity index (χ2n) is 2.32. The molecule has 0 spiro atoms. The van der Waals surface area contributed by atoms with Crippen molar-refractivity contribution < 1.29 is 9.47 Å². The van der Waals surface area contributed by atoms with E-state index in [0.29, 0.717) is 30.1 Å². The van der Waals surface area contributed by atoms with Gasteiger partial charge in [-0.25, -0.2) is 0 Å². The Kier molecular flexibility index (Phi) is 4.43. The van der Waals surface area contributed by atoms with E-state index in [2.05, 4.69) is 0 Å². The summed E-state index contributed by atoms with van der Waals surface area (Å²) in [6, 6.07) is 0. The normalized spacial score (nSPS) is 10.1. The Balaban J connectivity index is 3.57. The van der Waals surface area contributed by atoms with E-state index in [1.54, 1.807) is 0 Å². The minimum absolute atomic E-state index is 0.305. The van der Waals surface area contributed by atoms with E-state index >= 15 is 0 Å². The van der Waals surface area contributed by atoms with Gasteiger partial charge in [-0.3, -0.25) is 0 Å². The van der Waals surface area contributed by atoms with Crippen LogP contribution in [0.3, 0.4) is 0 Å². The Hall–Kier alpha value is 0.420. The van der Waals surface area contributed by atoms with Crippen LogP contribution in [0.1, 0.15) is 0 Å². The Labute approximate surface area is 111 Å². The zero-order valence-electron chi connectivity index (χ0n) is 7.33. The number of methoxy groups -OCH3 is 2. The highest BCUT2D eigenvalue weighted by atomic mass is 127. The predicted octanol–water partition coefficient (Wildman–Crippen LogP) is 4.27. The molecule has 0 radical (unpaired) electrons. The first-order valence-corrected chi connectivity index (χ1v) is 5.69. The van der Waals surface area contributed by atoms with E-state index in [-0.39, 0.29) is 0 Å². The van der Waals surface area contributed by atoms with Crippen molar-refractivity contribution in [3.8, 4) is 11.5 Å². The summed E-state index contributed by atoms with van der Waals surface area (Å²) >= 11 is 19.9. The van der Waals surface area contributed by atoms with E-state index in [1.165, 1.54) is 14.2 Å². The average molecular weight is 367 g/mol. The molecule has 2 nitrogen and oxygen atoms in total. The Morgan fingerprint density at radius 3 is 1.71 bits per heavy atom. The number of halogens is 4. The highest BCUT2D eigenvalue weighted by molar-refractivity contribution is 14.1. The largest absolute Gasteiger partial charge is 0.491 e. The molecule has 1 aromatic carbocycles. The standard InChI is InChI=1S/C8H6Cl3IO2/c1-13-7-4(10)3(9)6(12)5(11)8(7)14-2/h1-2H3. The third-order valence-electron chi connectivity index (χ3n) is 1.59. The van der Waals surface area contributed by atoms with Gasteiger partial charge in [-0.1, -0.05) is 34.8 Å². The van der Waals surface area contributed by atoms with Crippen molar-refractivity contribution in [3.05, 3.63) is 18.6 Å². The number of hydrogen-bond acceptors (Lipinski definition) is 2. The fourth-order valence-electron chi connectivity index (χ4n) is 0.956. The molecule has 1 aromatic rings. The fraction of sp³-hybridized carbons (Fsp3) is 0.250. The quantitative estimate of drug-likeness (QED) is 0.442. The average Bonchev–Trinajstić information content (AvgIpc) is 2.20. The molecular weight excluding hydrogens is 361 g/mol. The van der Waals surface area contributed by atoms with Crippen LogP contribution in [0.15, 0.2) is 0 Å². The number of ether oxygens (including phenoxy) is 2. The highest BCUT2D eigenvalue weighted by Crippen LogP contribution is 2.48. The minimum Gasteiger partial charge on any atom is -0.491 e. The molecule has 0 amide bonds. The number of benzene rings is 1. The topological polar surface area (TPSA) is 18.5 Å². The van der Waals surface area contributed by atoms with Gasteiger partial charge in [0.25, 0.3) is 0 Å². The molecule has 78 valence electrons. The first-order chi connectivity index (χ1) is 6.54. The molecule has 14 heavy (non-hydrogen) atoms. The molecule has 0 unspecified atom stereocenters. The molecule has 0 saturated heterocycles. The van der Waals surface area contributed by atoms with E-state index < -0.39 is 0 Å². The second-order valence-corrected chi connectivity index (χ2v) is 4.54. The molecule has 0 heterocycles. The summed E-state index contributed by atoms with van der Waals surface area (Å²) in [4.78, 5) is 0. The SMILES string of the molecule is COc1c(Cl)c(Cl)c(I)c(Cl)c1OC. The summed E-state index contributed by atoms with van der Waals surface area (Å²) in [5.74, 6) is 0.748. The van der Waals surface area contributed by atoms with Gasteiger partial charge in [-0.15, -0.1) is 0 Å². The monoisotopic (exact) mass is 366 g/mol. The number of hydrogen-bond donors (Lipinski definition) is 0. The third kappa shape index (κ3) is 2.01. The summed E-state index contributed by atoms with van der Waals surface area (Å²) < 4.78 is 10.8. The van der Waals surface area contributed by atoms with E-state index in [1.807, 2.05) is 22.6 Å². The fourth-order valence-corrected chi connectivity index (χ4v) is 2.37. The molecule has 0 aromatic heterocycles. The lowest BCUT2D eigenvalue weighted by Crippen LogP contribution is -1.95. The molecular formula is C8H6Cl3IO2. The second kappa shape index (κ2) is 4.96. The zero-order chi connectivity index (χ0) is 10.9. The summed E-state index contributed by atoms with van der Waals surface area (Å²) in [5, 5.41) is 1.08. The van der Waals surface area contributed by atoms with Crippen LogP contribution in [0, 0.1) is 3.57 Å². The number of rotatable bonds is 2. The molecule has 0 fully saturated rings. The van der Waals surface area contributed by atoms with Gasteiger partial charge in [0.05, 0.1) is 22.8 Å². The van der Waals surface area contributed by atoms with Crippen molar-refractivity contribution in [1.82, 2.24) is 0 Å². The molecule has 0 aliphatic rings. The summed E-state index contributed by atoms with van der Waals surface area (Å²) in [7, 11) is 2.97. The zero-order valence-corrected chi connectivity index (χ0v) is 11.8. The molecule has 0 N–H and O–H groups in total. The van der Waals surface area contributed by atoms with E-state index in [9.17, 15) is 0 Å². The van der Waals surface area contributed by atoms with Crippen LogP contribution in [0.4, 0.5) is 0 Å². The van der Waals surface area contributed by atoms with Gasteiger partial charge in [0.2, 0.25) is 0 Å². The third-order valence-corrected chi connectivity index (χ3v) is 4.50. The Morgan fingerprint density at radius 2 is 1.29 bits per heavy atom. The van der Waals surface area contributed by atoms with Gasteiger partial charge < -0.3 is 9.47 Å². The van der Waals surface area contributed by atoms with Gasteiger partial charge in [-0.2, -0.15) is 0 Å². The first-order valence-electron chi connectivity index (χ1n) is 3.48. The van der Waals surface area contributed by atoms with Crippen molar-refractivity contribution in [3.63, 3.8) is 0 Å². The molecule has 6 heteroatoms. The molecule has 0 bridgehead atoms. The Morgan fingerprint density at radius 1 is 0.857 bits per heavy atom. The Bertz CT molecular complexity index is 333. The van der Waals surface area contributed by atoms with Gasteiger partial charge in [-0.05, 0) is 22.6 Å². The van der Waals surface area contributed by atoms with Gasteiger partial charge in [0.15, 0.2) is 11.5 Å². The molecule has 0 atom stereocenters. The van der Waals surface area contributed by atoms with Crippen LogP contribution in [0.25, 0.3) is 0 Å². The van der Waals surface area contributed by atoms with Gasteiger partial charge in [0.1, 0.15) is 10.0 Å². The highest BCUT2D eigenvalue weighted by Gasteiger charge is 2.21. The van der Waals surface area contributed by atoms with Crippen LogP contribution in [-0.2, 0) is 0 Å². The summed E-state index contributed by atoms with van der Waals surface area (Å²) in [6.07, 6.45) is 0. The van der Waals surface area contributed by atoms with Crippen LogP contribution in [0.2, 0.25) is 15.1 Å². The van der Waals surface area contributed by atoms with Crippen LogP contribution >= 0.6 is 57.4 Å². The van der Waals surface area contributed by atoms with Crippen molar-refractivity contribution in [2.45, 2.75) is 0 Å². The lowest BCUT2D eigenvalue weighted by atomic mass is 10.3. The molecule has 0 saturated carbocycles. The van der Waals surface area contributed by atoms with Crippen molar-refractivity contribution in [1.29, 1.82) is 0 Å². The molecule has 1 rings (SSSR count). The maximum atomic E-state index is 6.00. The maximum Gasteiger partial charge on any atom is 0.182 e. The van der Waals surface area contributed by atoms with Gasteiger partial charge >= 0.3 is 0 Å². The van der Waals surface area contributed by atoms with Crippen LogP contribution in [-0.4, -0.2) is 14.2 Å². The van der Waals surface area contributed by atoms with Crippen molar-refractivity contribution >= 4 is 57.4 Å².